The summed E-state index contributed by atoms with van der Waals surface area (Å²) in [5.41, 5.74) is 3.23. The van der Waals surface area contributed by atoms with Crippen molar-refractivity contribution in [3.63, 3.8) is 0 Å². The number of aryl methyl sites for hydroxylation is 1. The van der Waals surface area contributed by atoms with E-state index in [1.807, 2.05) is 44.2 Å². The van der Waals surface area contributed by atoms with Crippen LogP contribution in [0, 0.1) is 6.92 Å². The SMILES string of the molecule is CCOc1ccc(CN2CCN(CC(=O)Nc3ccc(Br)cc3C)CC2)cc1. The zero-order chi connectivity index (χ0) is 19.9. The molecular weight excluding hydrogens is 418 g/mol. The maximum Gasteiger partial charge on any atom is 0.238 e. The summed E-state index contributed by atoms with van der Waals surface area (Å²) in [5.74, 6) is 0.966. The molecule has 1 aliphatic heterocycles. The van der Waals surface area contributed by atoms with E-state index in [9.17, 15) is 4.79 Å². The third kappa shape index (κ3) is 6.06. The highest BCUT2D eigenvalue weighted by Gasteiger charge is 2.19. The predicted molar refractivity (Wildman–Crippen MR) is 117 cm³/mol. The number of nitrogens with zero attached hydrogens (tertiary/aromatic N) is 2. The smallest absolute Gasteiger partial charge is 0.238 e. The summed E-state index contributed by atoms with van der Waals surface area (Å²) < 4.78 is 6.52. The average molecular weight is 446 g/mol. The molecule has 0 spiro atoms. The van der Waals surface area contributed by atoms with Crippen LogP contribution in [-0.2, 0) is 11.3 Å². The van der Waals surface area contributed by atoms with Crippen molar-refractivity contribution in [3.05, 3.63) is 58.1 Å². The largest absolute Gasteiger partial charge is 0.494 e. The highest BCUT2D eigenvalue weighted by molar-refractivity contribution is 9.10. The van der Waals surface area contributed by atoms with E-state index in [2.05, 4.69) is 43.2 Å². The van der Waals surface area contributed by atoms with Crippen molar-refractivity contribution in [1.29, 1.82) is 0 Å². The third-order valence-corrected chi connectivity index (χ3v) is 5.43. The van der Waals surface area contributed by atoms with Crippen LogP contribution >= 0.6 is 15.9 Å². The molecule has 2 aromatic carbocycles. The predicted octanol–water partition coefficient (Wildman–Crippen LogP) is 3.91. The Balaban J connectivity index is 1.42. The lowest BCUT2D eigenvalue weighted by Gasteiger charge is -2.34. The third-order valence-electron chi connectivity index (χ3n) is 4.94. The Hall–Kier alpha value is -1.89. The van der Waals surface area contributed by atoms with Gasteiger partial charge < -0.3 is 10.1 Å². The van der Waals surface area contributed by atoms with Gasteiger partial charge in [-0.2, -0.15) is 0 Å². The molecule has 1 amide bonds. The van der Waals surface area contributed by atoms with E-state index >= 15 is 0 Å². The van der Waals surface area contributed by atoms with Gasteiger partial charge in [0.1, 0.15) is 5.75 Å². The molecule has 0 atom stereocenters. The topological polar surface area (TPSA) is 44.8 Å². The Morgan fingerprint density at radius 2 is 1.75 bits per heavy atom. The maximum atomic E-state index is 12.4. The molecule has 5 nitrogen and oxygen atoms in total. The van der Waals surface area contributed by atoms with Crippen molar-refractivity contribution in [3.8, 4) is 5.75 Å². The van der Waals surface area contributed by atoms with Crippen LogP contribution in [0.15, 0.2) is 46.9 Å². The number of benzene rings is 2. The number of hydrogen-bond donors (Lipinski definition) is 1. The minimum atomic E-state index is 0.0467. The molecule has 1 heterocycles. The number of halogens is 1. The molecule has 150 valence electrons. The molecule has 1 aliphatic rings. The summed E-state index contributed by atoms with van der Waals surface area (Å²) in [6.07, 6.45) is 0. The molecule has 0 unspecified atom stereocenters. The Bertz CT molecular complexity index is 787. The van der Waals surface area contributed by atoms with Gasteiger partial charge in [-0.25, -0.2) is 0 Å². The van der Waals surface area contributed by atoms with Crippen LogP contribution in [0.25, 0.3) is 0 Å². The zero-order valence-electron chi connectivity index (χ0n) is 16.6. The number of anilines is 1. The first kappa shape index (κ1) is 20.8. The van der Waals surface area contributed by atoms with Gasteiger partial charge in [0.05, 0.1) is 13.2 Å². The van der Waals surface area contributed by atoms with Crippen LogP contribution in [-0.4, -0.2) is 55.0 Å². The highest BCUT2D eigenvalue weighted by Crippen LogP contribution is 2.20. The molecule has 2 aromatic rings. The summed E-state index contributed by atoms with van der Waals surface area (Å²) in [4.78, 5) is 17.0. The number of nitrogens with one attached hydrogen (secondary N) is 1. The van der Waals surface area contributed by atoms with Gasteiger partial charge in [-0.15, -0.1) is 0 Å². The Morgan fingerprint density at radius 1 is 1.07 bits per heavy atom. The van der Waals surface area contributed by atoms with E-state index < -0.39 is 0 Å². The van der Waals surface area contributed by atoms with Crippen LogP contribution in [0.1, 0.15) is 18.1 Å². The van der Waals surface area contributed by atoms with Crippen LogP contribution in [0.3, 0.4) is 0 Å². The second kappa shape index (κ2) is 10.0. The normalized spacial score (nSPS) is 15.4. The second-order valence-electron chi connectivity index (χ2n) is 7.14. The van der Waals surface area contributed by atoms with E-state index in [4.69, 9.17) is 4.74 Å². The Morgan fingerprint density at radius 3 is 2.39 bits per heavy atom. The molecule has 0 aliphatic carbocycles. The van der Waals surface area contributed by atoms with Crippen molar-refractivity contribution < 1.29 is 9.53 Å². The maximum absolute atomic E-state index is 12.4. The summed E-state index contributed by atoms with van der Waals surface area (Å²) >= 11 is 3.45. The van der Waals surface area contributed by atoms with Crippen molar-refractivity contribution in [2.75, 3.05) is 44.6 Å². The summed E-state index contributed by atoms with van der Waals surface area (Å²) in [5, 5.41) is 3.02. The molecule has 1 saturated heterocycles. The van der Waals surface area contributed by atoms with Gasteiger partial charge in [0.25, 0.3) is 0 Å². The second-order valence-corrected chi connectivity index (χ2v) is 8.05. The van der Waals surface area contributed by atoms with Gasteiger partial charge in [0.15, 0.2) is 0 Å². The number of hydrogen-bond acceptors (Lipinski definition) is 4. The van der Waals surface area contributed by atoms with Crippen molar-refractivity contribution in [1.82, 2.24) is 9.80 Å². The van der Waals surface area contributed by atoms with E-state index in [0.29, 0.717) is 13.2 Å². The lowest BCUT2D eigenvalue weighted by molar-refractivity contribution is -0.117. The van der Waals surface area contributed by atoms with Crippen LogP contribution < -0.4 is 10.1 Å². The van der Waals surface area contributed by atoms with Crippen molar-refractivity contribution in [2.45, 2.75) is 20.4 Å². The lowest BCUT2D eigenvalue weighted by atomic mass is 10.2. The molecular formula is C22H28BrN3O2. The van der Waals surface area contributed by atoms with Gasteiger partial charge in [0.2, 0.25) is 5.91 Å². The van der Waals surface area contributed by atoms with E-state index in [0.717, 1.165) is 54.2 Å². The first-order valence-electron chi connectivity index (χ1n) is 9.76. The fraction of sp³-hybridized carbons (Fsp3) is 0.409. The molecule has 6 heteroatoms. The molecule has 3 rings (SSSR count). The first-order valence-corrected chi connectivity index (χ1v) is 10.5. The minimum absolute atomic E-state index is 0.0467. The minimum Gasteiger partial charge on any atom is -0.494 e. The Labute approximate surface area is 175 Å². The standard InChI is InChI=1S/C22H28BrN3O2/c1-3-28-20-7-4-18(5-8-20)15-25-10-12-26(13-11-25)16-22(27)24-21-9-6-19(23)14-17(21)2/h4-9,14H,3,10-13,15-16H2,1-2H3,(H,24,27). The fourth-order valence-corrected chi connectivity index (χ4v) is 3.86. The number of carbonyl (C=O) groups is 1. The summed E-state index contributed by atoms with van der Waals surface area (Å²) in [6.45, 7) is 9.81. The number of amides is 1. The lowest BCUT2D eigenvalue weighted by Crippen LogP contribution is -2.48. The molecule has 28 heavy (non-hydrogen) atoms. The van der Waals surface area contributed by atoms with E-state index in [-0.39, 0.29) is 5.91 Å². The summed E-state index contributed by atoms with van der Waals surface area (Å²) in [7, 11) is 0. The molecule has 0 bridgehead atoms. The number of rotatable bonds is 7. The van der Waals surface area contributed by atoms with Crippen LogP contribution in [0.4, 0.5) is 5.69 Å². The quantitative estimate of drug-likeness (QED) is 0.701. The fourth-order valence-electron chi connectivity index (χ4n) is 3.38. The molecule has 0 saturated carbocycles. The number of piperazine rings is 1. The van der Waals surface area contributed by atoms with E-state index in [1.165, 1.54) is 5.56 Å². The van der Waals surface area contributed by atoms with Gasteiger partial charge in [0, 0.05) is 42.9 Å². The first-order chi connectivity index (χ1) is 13.5. The zero-order valence-corrected chi connectivity index (χ0v) is 18.2. The summed E-state index contributed by atoms with van der Waals surface area (Å²) in [6, 6.07) is 14.2. The van der Waals surface area contributed by atoms with Gasteiger partial charge in [-0.3, -0.25) is 14.6 Å². The molecule has 1 N–H and O–H groups in total. The van der Waals surface area contributed by atoms with Crippen molar-refractivity contribution >= 4 is 27.5 Å². The number of ether oxygens (including phenoxy) is 1. The van der Waals surface area contributed by atoms with Gasteiger partial charge in [-0.1, -0.05) is 28.1 Å². The Kier molecular flexibility index (Phi) is 7.48. The van der Waals surface area contributed by atoms with Crippen LogP contribution in [0.2, 0.25) is 0 Å². The van der Waals surface area contributed by atoms with Gasteiger partial charge >= 0.3 is 0 Å². The van der Waals surface area contributed by atoms with Crippen molar-refractivity contribution in [2.24, 2.45) is 0 Å². The molecule has 1 fully saturated rings. The van der Waals surface area contributed by atoms with Crippen LogP contribution in [0.5, 0.6) is 5.75 Å². The monoisotopic (exact) mass is 445 g/mol. The molecule has 0 aromatic heterocycles. The number of carbonyl (C=O) groups excluding carboxylic acids is 1. The average Bonchev–Trinajstić information content (AvgIpc) is 2.67. The molecule has 0 radical (unpaired) electrons. The van der Waals surface area contributed by atoms with Gasteiger partial charge in [-0.05, 0) is 55.3 Å². The van der Waals surface area contributed by atoms with E-state index in [1.54, 1.807) is 0 Å². The highest BCUT2D eigenvalue weighted by atomic mass is 79.9.